The van der Waals surface area contributed by atoms with Crippen LogP contribution in [0.1, 0.15) is 19.3 Å². The van der Waals surface area contributed by atoms with Crippen LogP contribution in [0.5, 0.6) is 0 Å². The van der Waals surface area contributed by atoms with Crippen LogP contribution in [-0.4, -0.2) is 39.3 Å². The van der Waals surface area contributed by atoms with Crippen LogP contribution in [0.3, 0.4) is 0 Å². The molecule has 1 atom stereocenters. The number of hydrogen-bond donors (Lipinski definition) is 1. The predicted molar refractivity (Wildman–Crippen MR) is 56.1 cm³/mol. The van der Waals surface area contributed by atoms with Gasteiger partial charge in [-0.3, -0.25) is 0 Å². The Morgan fingerprint density at radius 1 is 1.50 bits per heavy atom. The Labute approximate surface area is 90.0 Å². The van der Waals surface area contributed by atoms with Crippen molar-refractivity contribution < 1.29 is 13.2 Å². The Hall–Kier alpha value is 0.160. The molecule has 6 heteroatoms. The summed E-state index contributed by atoms with van der Waals surface area (Å²) in [5, 5.41) is 0. The fourth-order valence-electron chi connectivity index (χ4n) is 1.34. The summed E-state index contributed by atoms with van der Waals surface area (Å²) in [6, 6.07) is 0. The van der Waals surface area contributed by atoms with E-state index in [9.17, 15) is 8.42 Å². The van der Waals surface area contributed by atoms with Crippen molar-refractivity contribution in [3.8, 4) is 0 Å². The molecule has 1 aliphatic heterocycles. The monoisotopic (exact) mass is 241 g/mol. The largest absolute Gasteiger partial charge is 0.377 e. The normalized spacial score (nSPS) is 22.8. The third kappa shape index (κ3) is 4.59. The molecule has 14 heavy (non-hydrogen) atoms. The zero-order valence-electron chi connectivity index (χ0n) is 8.04. The first-order chi connectivity index (χ1) is 6.64. The lowest BCUT2D eigenvalue weighted by molar-refractivity contribution is 0.114. The Morgan fingerprint density at radius 2 is 2.29 bits per heavy atom. The number of ether oxygens (including phenoxy) is 1. The molecule has 0 bridgehead atoms. The molecule has 0 aliphatic carbocycles. The number of alkyl halides is 1. The van der Waals surface area contributed by atoms with Gasteiger partial charge in [0.1, 0.15) is 0 Å². The molecule has 0 amide bonds. The molecule has 0 aromatic rings. The van der Waals surface area contributed by atoms with Crippen molar-refractivity contribution in [1.29, 1.82) is 0 Å². The van der Waals surface area contributed by atoms with Crippen molar-refractivity contribution in [2.24, 2.45) is 0 Å². The van der Waals surface area contributed by atoms with Gasteiger partial charge in [0.15, 0.2) is 0 Å². The summed E-state index contributed by atoms with van der Waals surface area (Å²) < 4.78 is 30.5. The fourth-order valence-corrected chi connectivity index (χ4v) is 2.74. The van der Waals surface area contributed by atoms with Crippen LogP contribution in [0, 0.1) is 0 Å². The van der Waals surface area contributed by atoms with Gasteiger partial charge in [0.05, 0.1) is 11.9 Å². The molecule has 0 radical (unpaired) electrons. The molecule has 1 N–H and O–H groups in total. The van der Waals surface area contributed by atoms with Gasteiger partial charge < -0.3 is 4.74 Å². The molecular formula is C8H16ClNO3S. The Morgan fingerprint density at radius 3 is 2.86 bits per heavy atom. The van der Waals surface area contributed by atoms with E-state index in [2.05, 4.69) is 4.72 Å². The lowest BCUT2D eigenvalue weighted by Crippen LogP contribution is -2.33. The molecule has 1 aliphatic rings. The van der Waals surface area contributed by atoms with Crippen LogP contribution < -0.4 is 4.72 Å². The highest BCUT2D eigenvalue weighted by Crippen LogP contribution is 2.10. The minimum absolute atomic E-state index is 0.0563. The number of halogens is 1. The highest BCUT2D eigenvalue weighted by molar-refractivity contribution is 7.89. The van der Waals surface area contributed by atoms with E-state index in [1.165, 1.54) is 0 Å². The van der Waals surface area contributed by atoms with Crippen molar-refractivity contribution in [2.45, 2.75) is 25.4 Å². The second-order valence-electron chi connectivity index (χ2n) is 3.34. The molecule has 0 saturated carbocycles. The predicted octanol–water partition coefficient (Wildman–Crippen LogP) is 0.714. The minimum atomic E-state index is -3.15. The van der Waals surface area contributed by atoms with E-state index in [1.807, 2.05) is 0 Å². The quantitative estimate of drug-likeness (QED) is 0.697. The highest BCUT2D eigenvalue weighted by Gasteiger charge is 2.18. The van der Waals surface area contributed by atoms with E-state index in [1.54, 1.807) is 0 Å². The molecule has 0 aromatic heterocycles. The third-order valence-corrected chi connectivity index (χ3v) is 3.80. The zero-order chi connectivity index (χ0) is 10.4. The van der Waals surface area contributed by atoms with Crippen molar-refractivity contribution in [1.82, 2.24) is 4.72 Å². The van der Waals surface area contributed by atoms with Gasteiger partial charge in [0, 0.05) is 19.0 Å². The maximum atomic E-state index is 11.3. The van der Waals surface area contributed by atoms with Gasteiger partial charge in [-0.25, -0.2) is 13.1 Å². The van der Waals surface area contributed by atoms with Crippen molar-refractivity contribution in [3.63, 3.8) is 0 Å². The summed E-state index contributed by atoms with van der Waals surface area (Å²) in [5.74, 6) is 0.476. The summed E-state index contributed by atoms with van der Waals surface area (Å²) in [4.78, 5) is 0. The van der Waals surface area contributed by atoms with Crippen molar-refractivity contribution in [2.75, 3.05) is 24.8 Å². The first kappa shape index (κ1) is 12.2. The van der Waals surface area contributed by atoms with Crippen LogP contribution >= 0.6 is 11.6 Å². The lowest BCUT2D eigenvalue weighted by atomic mass is 10.2. The lowest BCUT2D eigenvalue weighted by Gasteiger charge is -2.10. The van der Waals surface area contributed by atoms with Crippen molar-refractivity contribution in [3.05, 3.63) is 0 Å². The van der Waals surface area contributed by atoms with Crippen LogP contribution in [0.2, 0.25) is 0 Å². The summed E-state index contributed by atoms with van der Waals surface area (Å²) in [5.41, 5.74) is 0. The summed E-state index contributed by atoms with van der Waals surface area (Å²) in [6.07, 6.45) is 2.51. The van der Waals surface area contributed by atoms with Crippen LogP contribution in [0.25, 0.3) is 0 Å². The zero-order valence-corrected chi connectivity index (χ0v) is 9.61. The van der Waals surface area contributed by atoms with Gasteiger partial charge >= 0.3 is 0 Å². The number of hydrogen-bond acceptors (Lipinski definition) is 3. The number of sulfonamides is 1. The topological polar surface area (TPSA) is 55.4 Å². The van der Waals surface area contributed by atoms with Gasteiger partial charge in [-0.15, -0.1) is 11.6 Å². The van der Waals surface area contributed by atoms with E-state index >= 15 is 0 Å². The molecule has 0 aromatic carbocycles. The average molecular weight is 242 g/mol. The van der Waals surface area contributed by atoms with E-state index in [0.29, 0.717) is 18.8 Å². The standard InChI is InChI=1S/C8H16ClNO3S/c9-4-2-6-14(11,12)10-7-8-3-1-5-13-8/h8,10H,1-7H2. The van der Waals surface area contributed by atoms with Gasteiger partial charge in [0.25, 0.3) is 0 Å². The molecule has 84 valence electrons. The smallest absolute Gasteiger partial charge is 0.211 e. The van der Waals surface area contributed by atoms with Crippen molar-refractivity contribution >= 4 is 21.6 Å². The number of rotatable bonds is 6. The van der Waals surface area contributed by atoms with E-state index in [0.717, 1.165) is 19.4 Å². The van der Waals surface area contributed by atoms with Gasteiger partial charge in [-0.2, -0.15) is 0 Å². The van der Waals surface area contributed by atoms with Crippen LogP contribution in [0.15, 0.2) is 0 Å². The highest BCUT2D eigenvalue weighted by atomic mass is 35.5. The second kappa shape index (κ2) is 5.90. The summed E-state index contributed by atoms with van der Waals surface area (Å²) in [7, 11) is -3.15. The first-order valence-electron chi connectivity index (χ1n) is 4.79. The molecule has 0 spiro atoms. The Balaban J connectivity index is 2.21. The molecule has 1 unspecified atom stereocenters. The summed E-state index contributed by atoms with van der Waals surface area (Å²) in [6.45, 7) is 1.14. The summed E-state index contributed by atoms with van der Waals surface area (Å²) >= 11 is 5.42. The molecule has 1 rings (SSSR count). The third-order valence-electron chi connectivity index (χ3n) is 2.10. The van der Waals surface area contributed by atoms with E-state index in [-0.39, 0.29) is 11.9 Å². The van der Waals surface area contributed by atoms with Crippen LogP contribution in [0.4, 0.5) is 0 Å². The SMILES string of the molecule is O=S(=O)(CCCCl)NCC1CCCO1. The maximum Gasteiger partial charge on any atom is 0.211 e. The average Bonchev–Trinajstić information content (AvgIpc) is 2.64. The molecule has 1 heterocycles. The van der Waals surface area contributed by atoms with Gasteiger partial charge in [-0.05, 0) is 19.3 Å². The molecule has 4 nitrogen and oxygen atoms in total. The minimum Gasteiger partial charge on any atom is -0.377 e. The Bertz CT molecular complexity index is 249. The van der Waals surface area contributed by atoms with Gasteiger partial charge in [0.2, 0.25) is 10.0 Å². The number of nitrogens with one attached hydrogen (secondary N) is 1. The van der Waals surface area contributed by atoms with E-state index < -0.39 is 10.0 Å². The Kier molecular flexibility index (Phi) is 5.15. The maximum absolute atomic E-state index is 11.3. The van der Waals surface area contributed by atoms with Gasteiger partial charge in [-0.1, -0.05) is 0 Å². The molecule has 1 saturated heterocycles. The first-order valence-corrected chi connectivity index (χ1v) is 6.97. The molecular weight excluding hydrogens is 226 g/mol. The van der Waals surface area contributed by atoms with E-state index in [4.69, 9.17) is 16.3 Å². The second-order valence-corrected chi connectivity index (χ2v) is 5.65. The van der Waals surface area contributed by atoms with Crippen LogP contribution in [-0.2, 0) is 14.8 Å². The fraction of sp³-hybridized carbons (Fsp3) is 1.00. The molecule has 1 fully saturated rings.